The van der Waals surface area contributed by atoms with Crippen LogP contribution in [0.3, 0.4) is 0 Å². The molecule has 0 aliphatic carbocycles. The van der Waals surface area contributed by atoms with Gasteiger partial charge in [0.25, 0.3) is 0 Å². The molecule has 1 nitrogen and oxygen atoms in total. The molecule has 0 fully saturated rings. The molecular weight excluding hydrogens is 170 g/mol. The Morgan fingerprint density at radius 1 is 1.29 bits per heavy atom. The fourth-order valence-corrected chi connectivity index (χ4v) is 1.67. The van der Waals surface area contributed by atoms with Crippen molar-refractivity contribution >= 4 is 5.69 Å². The van der Waals surface area contributed by atoms with Gasteiger partial charge in [-0.15, -0.1) is 0 Å². The maximum absolute atomic E-state index is 3.28. The lowest BCUT2D eigenvalue weighted by atomic mass is 9.98. The minimum atomic E-state index is 0.609. The van der Waals surface area contributed by atoms with Crippen LogP contribution in [0, 0.1) is 0 Å². The first-order chi connectivity index (χ1) is 6.69. The monoisotopic (exact) mass is 191 g/mol. The van der Waals surface area contributed by atoms with Crippen molar-refractivity contribution in [3.05, 3.63) is 29.3 Å². The molecule has 78 valence electrons. The summed E-state index contributed by atoms with van der Waals surface area (Å²) < 4.78 is 0. The van der Waals surface area contributed by atoms with Crippen molar-refractivity contribution < 1.29 is 0 Å². The molecule has 0 heterocycles. The number of hydrogen-bond acceptors (Lipinski definition) is 1. The van der Waals surface area contributed by atoms with Crippen molar-refractivity contribution in [3.63, 3.8) is 0 Å². The molecule has 0 saturated carbocycles. The second kappa shape index (κ2) is 5.04. The van der Waals surface area contributed by atoms with Crippen molar-refractivity contribution in [3.8, 4) is 0 Å². The molecule has 1 aromatic carbocycles. The molecule has 0 aliphatic rings. The molecule has 1 aromatic rings. The first kappa shape index (κ1) is 11.1. The highest BCUT2D eigenvalue weighted by molar-refractivity contribution is 5.53. The van der Waals surface area contributed by atoms with E-state index >= 15 is 0 Å². The average molecular weight is 191 g/mol. The Kier molecular flexibility index (Phi) is 3.99. The van der Waals surface area contributed by atoms with E-state index in [-0.39, 0.29) is 0 Å². The van der Waals surface area contributed by atoms with Crippen LogP contribution < -0.4 is 5.32 Å². The summed E-state index contributed by atoms with van der Waals surface area (Å²) in [5.74, 6) is 0.609. The summed E-state index contributed by atoms with van der Waals surface area (Å²) in [5, 5.41) is 3.28. The average Bonchev–Trinajstić information content (AvgIpc) is 2.18. The molecule has 0 amide bonds. The van der Waals surface area contributed by atoms with Gasteiger partial charge in [-0.1, -0.05) is 39.3 Å². The van der Waals surface area contributed by atoms with E-state index in [9.17, 15) is 0 Å². The van der Waals surface area contributed by atoms with Gasteiger partial charge in [0, 0.05) is 12.7 Å². The summed E-state index contributed by atoms with van der Waals surface area (Å²) in [7, 11) is 2.00. The normalized spacial score (nSPS) is 10.6. The fourth-order valence-electron chi connectivity index (χ4n) is 1.67. The maximum atomic E-state index is 3.28. The van der Waals surface area contributed by atoms with E-state index in [2.05, 4.69) is 44.3 Å². The zero-order valence-electron chi connectivity index (χ0n) is 9.72. The maximum Gasteiger partial charge on any atom is 0.0372 e. The SMILES string of the molecule is CCCc1ccc(C(C)C)cc1NC. The first-order valence-corrected chi connectivity index (χ1v) is 5.49. The fraction of sp³-hybridized carbons (Fsp3) is 0.538. The highest BCUT2D eigenvalue weighted by Gasteiger charge is 2.04. The molecule has 0 spiro atoms. The van der Waals surface area contributed by atoms with Crippen LogP contribution in [0.5, 0.6) is 0 Å². The lowest BCUT2D eigenvalue weighted by molar-refractivity contribution is 0.861. The van der Waals surface area contributed by atoms with E-state index < -0.39 is 0 Å². The van der Waals surface area contributed by atoms with Crippen LogP contribution >= 0.6 is 0 Å². The molecule has 1 N–H and O–H groups in total. The number of nitrogens with one attached hydrogen (secondary N) is 1. The highest BCUT2D eigenvalue weighted by atomic mass is 14.8. The molecule has 0 unspecified atom stereocenters. The number of hydrogen-bond donors (Lipinski definition) is 1. The van der Waals surface area contributed by atoms with Crippen molar-refractivity contribution in [2.45, 2.75) is 39.5 Å². The van der Waals surface area contributed by atoms with Crippen LogP contribution in [0.1, 0.15) is 44.2 Å². The smallest absolute Gasteiger partial charge is 0.0372 e. The predicted molar refractivity (Wildman–Crippen MR) is 64.1 cm³/mol. The van der Waals surface area contributed by atoms with Crippen LogP contribution in [0.4, 0.5) is 5.69 Å². The predicted octanol–water partition coefficient (Wildman–Crippen LogP) is 3.80. The summed E-state index contributed by atoms with van der Waals surface area (Å²) in [5.41, 5.74) is 4.13. The zero-order valence-corrected chi connectivity index (χ0v) is 9.72. The third kappa shape index (κ3) is 2.50. The molecular formula is C13H21N. The Morgan fingerprint density at radius 2 is 2.00 bits per heavy atom. The molecule has 0 saturated heterocycles. The van der Waals surface area contributed by atoms with Crippen molar-refractivity contribution in [2.75, 3.05) is 12.4 Å². The van der Waals surface area contributed by atoms with Gasteiger partial charge >= 0.3 is 0 Å². The van der Waals surface area contributed by atoms with E-state index in [1.807, 2.05) is 7.05 Å². The van der Waals surface area contributed by atoms with Crippen LogP contribution in [-0.2, 0) is 6.42 Å². The Bertz CT molecular complexity index is 289. The number of aryl methyl sites for hydroxylation is 1. The van der Waals surface area contributed by atoms with E-state index in [0.717, 1.165) is 6.42 Å². The summed E-state index contributed by atoms with van der Waals surface area (Å²) in [6.45, 7) is 6.68. The summed E-state index contributed by atoms with van der Waals surface area (Å²) in [4.78, 5) is 0. The van der Waals surface area contributed by atoms with Gasteiger partial charge in [-0.25, -0.2) is 0 Å². The van der Waals surface area contributed by atoms with E-state index in [1.165, 1.54) is 23.2 Å². The van der Waals surface area contributed by atoms with Gasteiger partial charge in [0.15, 0.2) is 0 Å². The largest absolute Gasteiger partial charge is 0.388 e. The van der Waals surface area contributed by atoms with Gasteiger partial charge in [-0.3, -0.25) is 0 Å². The van der Waals surface area contributed by atoms with Crippen LogP contribution in [-0.4, -0.2) is 7.05 Å². The topological polar surface area (TPSA) is 12.0 Å². The van der Waals surface area contributed by atoms with E-state index in [4.69, 9.17) is 0 Å². The molecule has 14 heavy (non-hydrogen) atoms. The lowest BCUT2D eigenvalue weighted by Crippen LogP contribution is -1.98. The molecule has 0 aromatic heterocycles. The van der Waals surface area contributed by atoms with Gasteiger partial charge in [-0.2, -0.15) is 0 Å². The zero-order chi connectivity index (χ0) is 10.6. The van der Waals surface area contributed by atoms with Gasteiger partial charge in [-0.05, 0) is 29.5 Å². The lowest BCUT2D eigenvalue weighted by Gasteiger charge is -2.12. The van der Waals surface area contributed by atoms with Gasteiger partial charge < -0.3 is 5.32 Å². The van der Waals surface area contributed by atoms with Crippen molar-refractivity contribution in [2.24, 2.45) is 0 Å². The summed E-state index contributed by atoms with van der Waals surface area (Å²) in [6.07, 6.45) is 2.37. The quantitative estimate of drug-likeness (QED) is 0.763. The summed E-state index contributed by atoms with van der Waals surface area (Å²) >= 11 is 0. The Balaban J connectivity index is 2.98. The van der Waals surface area contributed by atoms with Gasteiger partial charge in [0.05, 0.1) is 0 Å². The molecule has 1 rings (SSSR count). The second-order valence-corrected chi connectivity index (χ2v) is 4.07. The molecule has 0 bridgehead atoms. The molecule has 0 atom stereocenters. The molecule has 0 radical (unpaired) electrons. The molecule has 0 aliphatic heterocycles. The van der Waals surface area contributed by atoms with E-state index in [0.29, 0.717) is 5.92 Å². The number of benzene rings is 1. The van der Waals surface area contributed by atoms with Crippen LogP contribution in [0.25, 0.3) is 0 Å². The van der Waals surface area contributed by atoms with Crippen molar-refractivity contribution in [1.29, 1.82) is 0 Å². The summed E-state index contributed by atoms with van der Waals surface area (Å²) in [6, 6.07) is 6.77. The van der Waals surface area contributed by atoms with Gasteiger partial charge in [0.1, 0.15) is 0 Å². The van der Waals surface area contributed by atoms with Crippen molar-refractivity contribution in [1.82, 2.24) is 0 Å². The Hall–Kier alpha value is -0.980. The second-order valence-electron chi connectivity index (χ2n) is 4.07. The minimum absolute atomic E-state index is 0.609. The first-order valence-electron chi connectivity index (χ1n) is 5.49. The van der Waals surface area contributed by atoms with E-state index in [1.54, 1.807) is 0 Å². The van der Waals surface area contributed by atoms with Crippen LogP contribution in [0.15, 0.2) is 18.2 Å². The number of rotatable bonds is 4. The molecule has 1 heteroatoms. The number of anilines is 1. The standard InChI is InChI=1S/C13H21N/c1-5-6-11-7-8-12(10(2)3)9-13(11)14-4/h7-10,14H,5-6H2,1-4H3. The highest BCUT2D eigenvalue weighted by Crippen LogP contribution is 2.23. The Morgan fingerprint density at radius 3 is 2.50 bits per heavy atom. The minimum Gasteiger partial charge on any atom is -0.388 e. The third-order valence-electron chi connectivity index (χ3n) is 2.59. The Labute approximate surface area is 87.5 Å². The van der Waals surface area contributed by atoms with Crippen LogP contribution in [0.2, 0.25) is 0 Å². The third-order valence-corrected chi connectivity index (χ3v) is 2.59. The van der Waals surface area contributed by atoms with Gasteiger partial charge in [0.2, 0.25) is 0 Å².